The number of hydrogen-bond acceptors (Lipinski definition) is 0. The average Bonchev–Trinajstić information content (AvgIpc) is 2.48. The van der Waals surface area contributed by atoms with Gasteiger partial charge in [0.15, 0.2) is 0 Å². The lowest BCUT2D eigenvalue weighted by Gasteiger charge is -1.99. The molecule has 2 rings (SSSR count). The number of hydrogen-bond donors (Lipinski definition) is 0. The SMILES string of the molecule is CCCc1ccc(/C=C/C(F)=C/c2ccccc2)cc1. The molecule has 0 aliphatic heterocycles. The van der Waals surface area contributed by atoms with E-state index in [1.54, 1.807) is 6.08 Å². The van der Waals surface area contributed by atoms with Crippen molar-refractivity contribution in [2.45, 2.75) is 19.8 Å². The van der Waals surface area contributed by atoms with Crippen molar-refractivity contribution in [2.75, 3.05) is 0 Å². The third kappa shape index (κ3) is 4.51. The van der Waals surface area contributed by atoms with Gasteiger partial charge in [-0.2, -0.15) is 0 Å². The minimum absolute atomic E-state index is 0.242. The first-order chi connectivity index (χ1) is 9.78. The highest BCUT2D eigenvalue weighted by Crippen LogP contribution is 2.12. The van der Waals surface area contributed by atoms with Crippen molar-refractivity contribution in [2.24, 2.45) is 0 Å². The Bertz CT molecular complexity index is 577. The van der Waals surface area contributed by atoms with Gasteiger partial charge in [-0.15, -0.1) is 0 Å². The Morgan fingerprint density at radius 2 is 1.65 bits per heavy atom. The van der Waals surface area contributed by atoms with Crippen LogP contribution >= 0.6 is 0 Å². The van der Waals surface area contributed by atoms with E-state index in [-0.39, 0.29) is 5.83 Å². The molecule has 0 aromatic heterocycles. The summed E-state index contributed by atoms with van der Waals surface area (Å²) in [5.74, 6) is -0.242. The molecular formula is C19H19F. The molecule has 0 atom stereocenters. The zero-order valence-corrected chi connectivity index (χ0v) is 11.7. The third-order valence-corrected chi connectivity index (χ3v) is 3.06. The molecule has 20 heavy (non-hydrogen) atoms. The van der Waals surface area contributed by atoms with Gasteiger partial charge in [0, 0.05) is 0 Å². The van der Waals surface area contributed by atoms with Crippen LogP contribution in [0.2, 0.25) is 0 Å². The Morgan fingerprint density at radius 1 is 0.950 bits per heavy atom. The molecule has 0 spiro atoms. The van der Waals surface area contributed by atoms with Crippen LogP contribution in [-0.4, -0.2) is 0 Å². The first kappa shape index (κ1) is 14.3. The second-order valence-electron chi connectivity index (χ2n) is 4.76. The topological polar surface area (TPSA) is 0 Å². The zero-order valence-electron chi connectivity index (χ0n) is 11.7. The van der Waals surface area contributed by atoms with Gasteiger partial charge >= 0.3 is 0 Å². The van der Waals surface area contributed by atoms with Crippen LogP contribution < -0.4 is 0 Å². The maximum absolute atomic E-state index is 13.7. The highest BCUT2D eigenvalue weighted by atomic mass is 19.1. The first-order valence-corrected chi connectivity index (χ1v) is 6.97. The van der Waals surface area contributed by atoms with Crippen molar-refractivity contribution in [1.82, 2.24) is 0 Å². The van der Waals surface area contributed by atoms with E-state index in [0.717, 1.165) is 24.0 Å². The normalized spacial score (nSPS) is 12.0. The number of rotatable bonds is 5. The molecule has 0 aliphatic carbocycles. The summed E-state index contributed by atoms with van der Waals surface area (Å²) in [5, 5.41) is 0. The van der Waals surface area contributed by atoms with E-state index >= 15 is 0 Å². The van der Waals surface area contributed by atoms with Crippen LogP contribution in [0.4, 0.5) is 4.39 Å². The van der Waals surface area contributed by atoms with Gasteiger partial charge in [-0.3, -0.25) is 0 Å². The quantitative estimate of drug-likeness (QED) is 0.612. The summed E-state index contributed by atoms with van der Waals surface area (Å²) in [6.45, 7) is 2.16. The molecule has 0 heterocycles. The van der Waals surface area contributed by atoms with Gasteiger partial charge in [0.1, 0.15) is 5.83 Å². The second kappa shape index (κ2) is 7.44. The zero-order chi connectivity index (χ0) is 14.2. The summed E-state index contributed by atoms with van der Waals surface area (Å²) in [5.41, 5.74) is 3.21. The summed E-state index contributed by atoms with van der Waals surface area (Å²) in [6.07, 6.45) is 7.06. The molecule has 0 saturated carbocycles. The highest BCUT2D eigenvalue weighted by molar-refractivity contribution is 5.59. The Labute approximate surface area is 120 Å². The molecule has 0 bridgehead atoms. The number of allylic oxidation sites excluding steroid dienone is 2. The highest BCUT2D eigenvalue weighted by Gasteiger charge is 1.93. The summed E-state index contributed by atoms with van der Waals surface area (Å²) >= 11 is 0. The molecule has 0 radical (unpaired) electrons. The van der Waals surface area contributed by atoms with Gasteiger partial charge in [-0.25, -0.2) is 4.39 Å². The van der Waals surface area contributed by atoms with E-state index in [2.05, 4.69) is 19.1 Å². The fourth-order valence-electron chi connectivity index (χ4n) is 2.02. The van der Waals surface area contributed by atoms with Gasteiger partial charge in [0.25, 0.3) is 0 Å². The molecule has 0 nitrogen and oxygen atoms in total. The Hall–Kier alpha value is -2.15. The molecule has 0 saturated heterocycles. The van der Waals surface area contributed by atoms with E-state index in [1.807, 2.05) is 42.5 Å². The molecule has 0 aliphatic rings. The van der Waals surface area contributed by atoms with Crippen LogP contribution in [0.3, 0.4) is 0 Å². The van der Waals surface area contributed by atoms with Crippen LogP contribution in [-0.2, 0) is 6.42 Å². The Kier molecular flexibility index (Phi) is 5.31. The van der Waals surface area contributed by atoms with Crippen molar-refractivity contribution in [1.29, 1.82) is 0 Å². The smallest absolute Gasteiger partial charge is 0.123 e. The van der Waals surface area contributed by atoms with Crippen LogP contribution in [0.5, 0.6) is 0 Å². The minimum Gasteiger partial charge on any atom is -0.207 e. The van der Waals surface area contributed by atoms with Crippen LogP contribution in [0.1, 0.15) is 30.0 Å². The summed E-state index contributed by atoms with van der Waals surface area (Å²) < 4.78 is 13.7. The minimum atomic E-state index is -0.242. The van der Waals surface area contributed by atoms with E-state index < -0.39 is 0 Å². The van der Waals surface area contributed by atoms with Crippen molar-refractivity contribution in [3.8, 4) is 0 Å². The van der Waals surface area contributed by atoms with Crippen LogP contribution in [0, 0.1) is 0 Å². The standard InChI is InChI=1S/C19H19F/c1-2-6-16-9-11-17(12-10-16)13-14-19(20)15-18-7-4-3-5-8-18/h3-5,7-15H,2,6H2,1H3/b14-13+,19-15-. The Balaban J connectivity index is 2.03. The van der Waals surface area contributed by atoms with E-state index in [4.69, 9.17) is 0 Å². The predicted molar refractivity (Wildman–Crippen MR) is 85.0 cm³/mol. The number of halogens is 1. The molecule has 102 valence electrons. The molecule has 0 fully saturated rings. The second-order valence-corrected chi connectivity index (χ2v) is 4.76. The number of aryl methyl sites for hydroxylation is 1. The first-order valence-electron chi connectivity index (χ1n) is 6.97. The fourth-order valence-corrected chi connectivity index (χ4v) is 2.02. The maximum Gasteiger partial charge on any atom is 0.123 e. The molecule has 2 aromatic carbocycles. The summed E-state index contributed by atoms with van der Waals surface area (Å²) in [7, 11) is 0. The third-order valence-electron chi connectivity index (χ3n) is 3.06. The maximum atomic E-state index is 13.7. The van der Waals surface area contributed by atoms with Crippen molar-refractivity contribution in [3.05, 3.63) is 83.2 Å². The van der Waals surface area contributed by atoms with Gasteiger partial charge in [0.2, 0.25) is 0 Å². The van der Waals surface area contributed by atoms with Crippen molar-refractivity contribution < 1.29 is 4.39 Å². The molecule has 0 unspecified atom stereocenters. The Morgan fingerprint density at radius 3 is 2.30 bits per heavy atom. The van der Waals surface area contributed by atoms with Gasteiger partial charge in [-0.05, 0) is 35.3 Å². The lowest BCUT2D eigenvalue weighted by atomic mass is 10.1. The predicted octanol–water partition coefficient (Wildman–Crippen LogP) is 5.66. The van der Waals surface area contributed by atoms with E-state index in [1.165, 1.54) is 17.7 Å². The van der Waals surface area contributed by atoms with Gasteiger partial charge in [-0.1, -0.05) is 74.0 Å². The van der Waals surface area contributed by atoms with Crippen molar-refractivity contribution in [3.63, 3.8) is 0 Å². The molecular weight excluding hydrogens is 247 g/mol. The summed E-state index contributed by atoms with van der Waals surface area (Å²) in [4.78, 5) is 0. The molecule has 2 aromatic rings. The lowest BCUT2D eigenvalue weighted by Crippen LogP contribution is -1.82. The monoisotopic (exact) mass is 266 g/mol. The van der Waals surface area contributed by atoms with Gasteiger partial charge in [0.05, 0.1) is 0 Å². The largest absolute Gasteiger partial charge is 0.207 e. The van der Waals surface area contributed by atoms with E-state index in [0.29, 0.717) is 0 Å². The van der Waals surface area contributed by atoms with Crippen molar-refractivity contribution >= 4 is 12.2 Å². The molecule has 1 heteroatoms. The lowest BCUT2D eigenvalue weighted by molar-refractivity contribution is 0.675. The molecule has 0 N–H and O–H groups in total. The van der Waals surface area contributed by atoms with Crippen LogP contribution in [0.15, 0.2) is 66.5 Å². The fraction of sp³-hybridized carbons (Fsp3) is 0.158. The van der Waals surface area contributed by atoms with E-state index in [9.17, 15) is 4.39 Å². The number of benzene rings is 2. The average molecular weight is 266 g/mol. The molecule has 0 amide bonds. The van der Waals surface area contributed by atoms with Gasteiger partial charge < -0.3 is 0 Å². The van der Waals surface area contributed by atoms with Crippen LogP contribution in [0.25, 0.3) is 12.2 Å². The summed E-state index contributed by atoms with van der Waals surface area (Å²) in [6, 6.07) is 17.7.